The van der Waals surface area contributed by atoms with E-state index in [0.717, 1.165) is 10.0 Å². The van der Waals surface area contributed by atoms with Gasteiger partial charge < -0.3 is 15.9 Å². The van der Waals surface area contributed by atoms with Gasteiger partial charge in [-0.1, -0.05) is 15.9 Å². The molecule has 0 heterocycles. The molecule has 0 amide bonds. The van der Waals surface area contributed by atoms with Crippen LogP contribution in [0, 0.1) is 13.8 Å². The highest BCUT2D eigenvalue weighted by atomic mass is 79.9. The molecule has 16 heavy (non-hydrogen) atoms. The average Bonchev–Trinajstić information content (AvgIpc) is 2.13. The maximum atomic E-state index is 10.6. The van der Waals surface area contributed by atoms with Crippen molar-refractivity contribution < 1.29 is 15.0 Å². The van der Waals surface area contributed by atoms with Gasteiger partial charge in [0.25, 0.3) is 0 Å². The Morgan fingerprint density at radius 3 is 2.62 bits per heavy atom. The molecule has 0 fully saturated rings. The molecule has 4 N–H and O–H groups in total. The summed E-state index contributed by atoms with van der Waals surface area (Å²) in [6.45, 7) is 3.50. The summed E-state index contributed by atoms with van der Waals surface area (Å²) in [6.07, 6.45) is -0.165. The minimum atomic E-state index is -0.959. The summed E-state index contributed by atoms with van der Waals surface area (Å²) in [5, 5.41) is 18.5. The van der Waals surface area contributed by atoms with Crippen LogP contribution >= 0.6 is 15.9 Å². The van der Waals surface area contributed by atoms with Crippen LogP contribution in [-0.2, 0) is 4.79 Å². The Kier molecular flexibility index (Phi) is 3.93. The highest BCUT2D eigenvalue weighted by molar-refractivity contribution is 9.10. The summed E-state index contributed by atoms with van der Waals surface area (Å²) >= 11 is 3.34. The van der Waals surface area contributed by atoms with Gasteiger partial charge in [-0.15, -0.1) is 0 Å². The molecule has 0 spiro atoms. The van der Waals surface area contributed by atoms with E-state index in [9.17, 15) is 9.90 Å². The fourth-order valence-electron chi connectivity index (χ4n) is 1.68. The number of carbonyl (C=O) groups is 1. The van der Waals surface area contributed by atoms with Gasteiger partial charge in [0.2, 0.25) is 0 Å². The SMILES string of the molecule is Cc1cc(Br)c(C(N)CC(=O)O)c(C)c1O. The molecule has 1 unspecified atom stereocenters. The number of phenolic OH excluding ortho intramolecular Hbond substituents is 1. The highest BCUT2D eigenvalue weighted by Crippen LogP contribution is 2.35. The third-order valence-electron chi connectivity index (χ3n) is 2.50. The van der Waals surface area contributed by atoms with Crippen LogP contribution in [0.25, 0.3) is 0 Å². The molecule has 0 radical (unpaired) electrons. The van der Waals surface area contributed by atoms with Crippen molar-refractivity contribution in [2.45, 2.75) is 26.3 Å². The van der Waals surface area contributed by atoms with Gasteiger partial charge in [0.05, 0.1) is 6.42 Å². The lowest BCUT2D eigenvalue weighted by Crippen LogP contribution is -2.17. The number of halogens is 1. The first kappa shape index (κ1) is 13.0. The van der Waals surface area contributed by atoms with Crippen molar-refractivity contribution in [1.29, 1.82) is 0 Å². The van der Waals surface area contributed by atoms with E-state index >= 15 is 0 Å². The second-order valence-corrected chi connectivity index (χ2v) is 4.62. The smallest absolute Gasteiger partial charge is 0.305 e. The van der Waals surface area contributed by atoms with Gasteiger partial charge in [-0.25, -0.2) is 0 Å². The van der Waals surface area contributed by atoms with Gasteiger partial charge in [-0.3, -0.25) is 4.79 Å². The topological polar surface area (TPSA) is 83.6 Å². The summed E-state index contributed by atoms with van der Waals surface area (Å²) in [4.78, 5) is 10.6. The molecule has 0 bridgehead atoms. The zero-order valence-electron chi connectivity index (χ0n) is 9.12. The van der Waals surface area contributed by atoms with Crippen molar-refractivity contribution in [3.05, 3.63) is 27.2 Å². The Hall–Kier alpha value is -1.07. The Morgan fingerprint density at radius 2 is 2.12 bits per heavy atom. The van der Waals surface area contributed by atoms with E-state index in [4.69, 9.17) is 10.8 Å². The van der Waals surface area contributed by atoms with E-state index < -0.39 is 12.0 Å². The normalized spacial score (nSPS) is 12.5. The molecule has 0 aliphatic rings. The van der Waals surface area contributed by atoms with Crippen LogP contribution in [0.3, 0.4) is 0 Å². The molecule has 1 aromatic rings. The molecule has 88 valence electrons. The first-order valence-corrected chi connectivity index (χ1v) is 5.59. The Balaban J connectivity index is 3.23. The minimum Gasteiger partial charge on any atom is -0.507 e. The lowest BCUT2D eigenvalue weighted by Gasteiger charge is -2.17. The average molecular weight is 288 g/mol. The number of rotatable bonds is 3. The van der Waals surface area contributed by atoms with Crippen molar-refractivity contribution in [3.8, 4) is 5.75 Å². The van der Waals surface area contributed by atoms with E-state index in [1.807, 2.05) is 0 Å². The number of aryl methyl sites for hydroxylation is 1. The summed E-state index contributed by atoms with van der Waals surface area (Å²) in [6, 6.07) is 1.11. The zero-order valence-corrected chi connectivity index (χ0v) is 10.7. The number of hydrogen-bond donors (Lipinski definition) is 3. The van der Waals surface area contributed by atoms with Gasteiger partial charge in [-0.2, -0.15) is 0 Å². The molecular formula is C11H14BrNO3. The predicted molar refractivity (Wildman–Crippen MR) is 64.5 cm³/mol. The fraction of sp³-hybridized carbons (Fsp3) is 0.364. The highest BCUT2D eigenvalue weighted by Gasteiger charge is 2.19. The lowest BCUT2D eigenvalue weighted by molar-refractivity contribution is -0.137. The largest absolute Gasteiger partial charge is 0.507 e. The molecule has 0 saturated carbocycles. The van der Waals surface area contributed by atoms with Gasteiger partial charge in [0.15, 0.2) is 0 Å². The maximum absolute atomic E-state index is 10.6. The van der Waals surface area contributed by atoms with Crippen molar-refractivity contribution in [1.82, 2.24) is 0 Å². The summed E-state index contributed by atoms with van der Waals surface area (Å²) in [5.74, 6) is -0.794. The first-order valence-electron chi connectivity index (χ1n) is 4.80. The molecule has 1 rings (SSSR count). The number of benzene rings is 1. The van der Waals surface area contributed by atoms with Crippen LogP contribution < -0.4 is 5.73 Å². The van der Waals surface area contributed by atoms with Crippen molar-refractivity contribution >= 4 is 21.9 Å². The second-order valence-electron chi connectivity index (χ2n) is 3.77. The zero-order chi connectivity index (χ0) is 12.5. The summed E-state index contributed by atoms with van der Waals surface area (Å²) in [7, 11) is 0. The molecule has 1 atom stereocenters. The number of aromatic hydroxyl groups is 1. The molecule has 0 aromatic heterocycles. The standard InChI is InChI=1S/C11H14BrNO3/c1-5-3-7(12)10(6(2)11(5)16)8(13)4-9(14)15/h3,8,16H,4,13H2,1-2H3,(H,14,15). The quantitative estimate of drug-likeness (QED) is 0.796. The van der Waals surface area contributed by atoms with E-state index in [0.29, 0.717) is 11.1 Å². The third-order valence-corrected chi connectivity index (χ3v) is 3.15. The third kappa shape index (κ3) is 2.54. The molecule has 4 nitrogen and oxygen atoms in total. The van der Waals surface area contributed by atoms with Gasteiger partial charge in [0.1, 0.15) is 5.75 Å². The first-order chi connectivity index (χ1) is 7.34. The van der Waals surface area contributed by atoms with Crippen LogP contribution in [0.4, 0.5) is 0 Å². The Labute approximate surface area is 102 Å². The fourth-order valence-corrected chi connectivity index (χ4v) is 2.62. The van der Waals surface area contributed by atoms with E-state index in [1.54, 1.807) is 19.9 Å². The number of hydrogen-bond acceptors (Lipinski definition) is 3. The minimum absolute atomic E-state index is 0.165. The van der Waals surface area contributed by atoms with Gasteiger partial charge >= 0.3 is 5.97 Å². The van der Waals surface area contributed by atoms with E-state index in [-0.39, 0.29) is 12.2 Å². The van der Waals surface area contributed by atoms with Crippen molar-refractivity contribution in [3.63, 3.8) is 0 Å². The van der Waals surface area contributed by atoms with Crippen molar-refractivity contribution in [2.75, 3.05) is 0 Å². The van der Waals surface area contributed by atoms with E-state index in [2.05, 4.69) is 15.9 Å². The Morgan fingerprint density at radius 1 is 1.56 bits per heavy atom. The predicted octanol–water partition coefficient (Wildman–Crippen LogP) is 2.25. The molecule has 1 aromatic carbocycles. The van der Waals surface area contributed by atoms with Crippen LogP contribution in [0.5, 0.6) is 5.75 Å². The van der Waals surface area contributed by atoms with Crippen LogP contribution in [0.15, 0.2) is 10.5 Å². The van der Waals surface area contributed by atoms with Crippen LogP contribution in [0.2, 0.25) is 0 Å². The molecule has 0 aliphatic heterocycles. The second kappa shape index (κ2) is 4.84. The van der Waals surface area contributed by atoms with Gasteiger partial charge in [0, 0.05) is 10.5 Å². The molecular weight excluding hydrogens is 274 g/mol. The maximum Gasteiger partial charge on any atom is 0.305 e. The summed E-state index contributed by atoms with van der Waals surface area (Å²) in [5.41, 5.74) is 7.80. The summed E-state index contributed by atoms with van der Waals surface area (Å²) < 4.78 is 0.731. The number of nitrogens with two attached hydrogens (primary N) is 1. The Bertz CT molecular complexity index is 432. The lowest BCUT2D eigenvalue weighted by atomic mass is 9.96. The monoisotopic (exact) mass is 287 g/mol. The van der Waals surface area contributed by atoms with Gasteiger partial charge in [-0.05, 0) is 36.6 Å². The van der Waals surface area contributed by atoms with Crippen LogP contribution in [0.1, 0.15) is 29.2 Å². The molecule has 0 aliphatic carbocycles. The van der Waals surface area contributed by atoms with Crippen molar-refractivity contribution in [2.24, 2.45) is 5.73 Å². The number of carboxylic acids is 1. The number of aliphatic carboxylic acids is 1. The van der Waals surface area contributed by atoms with Crippen LogP contribution in [-0.4, -0.2) is 16.2 Å². The number of phenols is 1. The number of carboxylic acid groups (broad SMARTS) is 1. The van der Waals surface area contributed by atoms with E-state index in [1.165, 1.54) is 0 Å². The molecule has 0 saturated heterocycles. The molecule has 5 heteroatoms.